The van der Waals surface area contributed by atoms with Crippen LogP contribution >= 0.6 is 0 Å². The van der Waals surface area contributed by atoms with Gasteiger partial charge in [0.25, 0.3) is 0 Å². The summed E-state index contributed by atoms with van der Waals surface area (Å²) in [5.41, 5.74) is 0.742. The summed E-state index contributed by atoms with van der Waals surface area (Å²) in [6.45, 7) is 5.39. The van der Waals surface area contributed by atoms with E-state index in [-0.39, 0.29) is 17.7 Å². The standard InChI is InChI=1S/C16H21NO4S/c1-11(2)9-22(19,20)10-16(18)17-12(3)15-8-13-6-4-5-7-14(13)21-15/h4-8,11-12H,9-10H2,1-3H3,(H,17,18). The molecule has 0 spiro atoms. The molecule has 1 amide bonds. The van der Waals surface area contributed by atoms with Crippen LogP contribution in [0, 0.1) is 5.92 Å². The smallest absolute Gasteiger partial charge is 0.235 e. The predicted octanol–water partition coefficient (Wildman–Crippen LogP) is 2.68. The minimum atomic E-state index is -3.38. The van der Waals surface area contributed by atoms with Gasteiger partial charge in [-0.15, -0.1) is 0 Å². The van der Waals surface area contributed by atoms with Gasteiger partial charge in [0, 0.05) is 5.39 Å². The Morgan fingerprint density at radius 2 is 1.91 bits per heavy atom. The monoisotopic (exact) mass is 323 g/mol. The average molecular weight is 323 g/mol. The molecule has 2 aromatic rings. The van der Waals surface area contributed by atoms with Crippen molar-refractivity contribution in [2.75, 3.05) is 11.5 Å². The topological polar surface area (TPSA) is 76.4 Å². The van der Waals surface area contributed by atoms with Crippen LogP contribution in [0.25, 0.3) is 11.0 Å². The molecule has 22 heavy (non-hydrogen) atoms. The molecule has 1 heterocycles. The third kappa shape index (κ3) is 4.34. The lowest BCUT2D eigenvalue weighted by Gasteiger charge is -2.12. The molecule has 0 radical (unpaired) electrons. The molecule has 0 aliphatic heterocycles. The van der Waals surface area contributed by atoms with Crippen LogP contribution < -0.4 is 5.32 Å². The van der Waals surface area contributed by atoms with E-state index in [9.17, 15) is 13.2 Å². The molecular formula is C16H21NO4S. The van der Waals surface area contributed by atoms with Crippen LogP contribution in [0.5, 0.6) is 0 Å². The number of hydrogen-bond donors (Lipinski definition) is 1. The van der Waals surface area contributed by atoms with E-state index in [4.69, 9.17) is 4.42 Å². The van der Waals surface area contributed by atoms with E-state index in [1.165, 1.54) is 0 Å². The number of nitrogens with one attached hydrogen (secondary N) is 1. The van der Waals surface area contributed by atoms with Crippen molar-refractivity contribution < 1.29 is 17.6 Å². The largest absolute Gasteiger partial charge is 0.459 e. The zero-order chi connectivity index (χ0) is 16.3. The molecule has 0 fully saturated rings. The third-order valence-corrected chi connectivity index (χ3v) is 5.06. The van der Waals surface area contributed by atoms with Crippen LogP contribution in [0.4, 0.5) is 0 Å². The molecule has 0 aliphatic rings. The van der Waals surface area contributed by atoms with Gasteiger partial charge in [0.1, 0.15) is 17.1 Å². The van der Waals surface area contributed by atoms with Crippen molar-refractivity contribution in [2.45, 2.75) is 26.8 Å². The Kier molecular flexibility index (Phi) is 4.90. The summed E-state index contributed by atoms with van der Waals surface area (Å²) in [5.74, 6) is -0.371. The van der Waals surface area contributed by atoms with Gasteiger partial charge in [-0.05, 0) is 25.0 Å². The summed E-state index contributed by atoms with van der Waals surface area (Å²) < 4.78 is 29.3. The van der Waals surface area contributed by atoms with Crippen LogP contribution in [0.15, 0.2) is 34.7 Å². The summed E-state index contributed by atoms with van der Waals surface area (Å²) in [5, 5.41) is 3.62. The third-order valence-electron chi connectivity index (χ3n) is 3.19. The molecule has 6 heteroatoms. The fraction of sp³-hybridized carbons (Fsp3) is 0.438. The normalized spacial score (nSPS) is 13.5. The van der Waals surface area contributed by atoms with Gasteiger partial charge in [-0.25, -0.2) is 8.42 Å². The summed E-state index contributed by atoms with van der Waals surface area (Å²) in [6.07, 6.45) is 0. The molecule has 120 valence electrons. The quantitative estimate of drug-likeness (QED) is 0.886. The molecule has 1 atom stereocenters. The summed E-state index contributed by atoms with van der Waals surface area (Å²) in [4.78, 5) is 11.9. The highest BCUT2D eigenvalue weighted by Crippen LogP contribution is 2.23. The molecule has 1 unspecified atom stereocenters. The summed E-state index contributed by atoms with van der Waals surface area (Å²) >= 11 is 0. The molecule has 0 saturated carbocycles. The molecule has 5 nitrogen and oxygen atoms in total. The highest BCUT2D eigenvalue weighted by atomic mass is 32.2. The Labute approximate surface area is 130 Å². The number of hydrogen-bond acceptors (Lipinski definition) is 4. The number of amides is 1. The fourth-order valence-electron chi connectivity index (χ4n) is 2.34. The van der Waals surface area contributed by atoms with Gasteiger partial charge >= 0.3 is 0 Å². The van der Waals surface area contributed by atoms with Crippen LogP contribution in [-0.4, -0.2) is 25.8 Å². The first-order chi connectivity index (χ1) is 10.3. The molecule has 1 aromatic carbocycles. The molecule has 1 N–H and O–H groups in total. The number of carbonyl (C=O) groups is 1. The van der Waals surface area contributed by atoms with Gasteiger partial charge in [0.15, 0.2) is 9.84 Å². The number of rotatable bonds is 6. The Bertz CT molecular complexity index is 728. The first kappa shape index (κ1) is 16.5. The zero-order valence-electron chi connectivity index (χ0n) is 13.0. The molecule has 0 aliphatic carbocycles. The minimum absolute atomic E-state index is 0.00518. The highest BCUT2D eigenvalue weighted by Gasteiger charge is 2.21. The number of benzene rings is 1. The van der Waals surface area contributed by atoms with E-state index in [1.807, 2.05) is 44.2 Å². The Morgan fingerprint density at radius 3 is 2.55 bits per heavy atom. The number of carbonyl (C=O) groups excluding carboxylic acids is 1. The molecule has 0 bridgehead atoms. The lowest BCUT2D eigenvalue weighted by molar-refractivity contribution is -0.119. The van der Waals surface area contributed by atoms with E-state index in [2.05, 4.69) is 5.32 Å². The van der Waals surface area contributed by atoms with Crippen LogP contribution in [0.2, 0.25) is 0 Å². The Balaban J connectivity index is 2.02. The van der Waals surface area contributed by atoms with Crippen molar-refractivity contribution in [3.8, 4) is 0 Å². The maximum Gasteiger partial charge on any atom is 0.235 e. The summed E-state index contributed by atoms with van der Waals surface area (Å²) in [7, 11) is -3.38. The van der Waals surface area contributed by atoms with Crippen molar-refractivity contribution in [1.82, 2.24) is 5.32 Å². The predicted molar refractivity (Wildman–Crippen MR) is 86.3 cm³/mol. The van der Waals surface area contributed by atoms with Crippen LogP contribution in [0.1, 0.15) is 32.6 Å². The van der Waals surface area contributed by atoms with Crippen molar-refractivity contribution in [1.29, 1.82) is 0 Å². The number of furan rings is 1. The lowest BCUT2D eigenvalue weighted by atomic mass is 10.2. The van der Waals surface area contributed by atoms with Crippen molar-refractivity contribution in [3.63, 3.8) is 0 Å². The SMILES string of the molecule is CC(C)CS(=O)(=O)CC(=O)NC(C)c1cc2ccccc2o1. The Morgan fingerprint density at radius 1 is 1.23 bits per heavy atom. The van der Waals surface area contributed by atoms with Gasteiger partial charge in [0.05, 0.1) is 11.8 Å². The lowest BCUT2D eigenvalue weighted by Crippen LogP contribution is -2.33. The van der Waals surface area contributed by atoms with Crippen LogP contribution in [0.3, 0.4) is 0 Å². The second-order valence-electron chi connectivity index (χ2n) is 5.92. The van der Waals surface area contributed by atoms with Gasteiger partial charge in [0.2, 0.25) is 5.91 Å². The summed E-state index contributed by atoms with van der Waals surface area (Å²) in [6, 6.07) is 9.02. The molecule has 0 saturated heterocycles. The van der Waals surface area contributed by atoms with E-state index in [0.717, 1.165) is 11.0 Å². The number of para-hydroxylation sites is 1. The van der Waals surface area contributed by atoms with Crippen molar-refractivity contribution in [3.05, 3.63) is 36.1 Å². The zero-order valence-corrected chi connectivity index (χ0v) is 13.8. The second-order valence-corrected chi connectivity index (χ2v) is 8.03. The molecular weight excluding hydrogens is 302 g/mol. The maximum absolute atomic E-state index is 11.9. The molecule has 1 aromatic heterocycles. The minimum Gasteiger partial charge on any atom is -0.459 e. The number of sulfone groups is 1. The van der Waals surface area contributed by atoms with Crippen LogP contribution in [-0.2, 0) is 14.6 Å². The van der Waals surface area contributed by atoms with Crippen molar-refractivity contribution >= 4 is 26.7 Å². The van der Waals surface area contributed by atoms with E-state index < -0.39 is 21.5 Å². The first-order valence-corrected chi connectivity index (χ1v) is 9.07. The molecule has 2 rings (SSSR count). The first-order valence-electron chi connectivity index (χ1n) is 7.25. The average Bonchev–Trinajstić information content (AvgIpc) is 2.79. The van der Waals surface area contributed by atoms with Gasteiger partial charge < -0.3 is 9.73 Å². The maximum atomic E-state index is 11.9. The van der Waals surface area contributed by atoms with E-state index in [1.54, 1.807) is 6.92 Å². The van der Waals surface area contributed by atoms with Gasteiger partial charge in [-0.2, -0.15) is 0 Å². The van der Waals surface area contributed by atoms with Gasteiger partial charge in [-0.3, -0.25) is 4.79 Å². The van der Waals surface area contributed by atoms with Crippen molar-refractivity contribution in [2.24, 2.45) is 5.92 Å². The fourth-order valence-corrected chi connectivity index (χ4v) is 3.95. The highest BCUT2D eigenvalue weighted by molar-refractivity contribution is 7.92. The van der Waals surface area contributed by atoms with Gasteiger partial charge in [-0.1, -0.05) is 32.0 Å². The van der Waals surface area contributed by atoms with E-state index >= 15 is 0 Å². The Hall–Kier alpha value is -1.82. The van der Waals surface area contributed by atoms with E-state index in [0.29, 0.717) is 5.76 Å². The second kappa shape index (κ2) is 6.52. The number of fused-ring (bicyclic) bond motifs is 1.